The molecule has 0 saturated carbocycles. The second-order valence-corrected chi connectivity index (χ2v) is 31.7. The molecule has 6 nitrogen and oxygen atoms in total. The van der Waals surface area contributed by atoms with Crippen molar-refractivity contribution in [3.8, 4) is 56.4 Å². The van der Waals surface area contributed by atoms with Gasteiger partial charge in [0.25, 0.3) is 0 Å². The van der Waals surface area contributed by atoms with Crippen molar-refractivity contribution in [1.29, 1.82) is 0 Å². The van der Waals surface area contributed by atoms with Crippen molar-refractivity contribution in [3.05, 3.63) is 449 Å². The maximum absolute atomic E-state index is 2.48. The summed E-state index contributed by atoms with van der Waals surface area (Å²) < 4.78 is 14.2. The molecule has 0 atom stereocenters. The Morgan fingerprint density at radius 1 is 0.125 bits per heavy atom. The Morgan fingerprint density at radius 3 is 0.867 bits per heavy atom. The first-order valence-corrected chi connectivity index (χ1v) is 41.2. The van der Waals surface area contributed by atoms with Crippen molar-refractivity contribution < 1.29 is 0 Å². The van der Waals surface area contributed by atoms with Gasteiger partial charge >= 0.3 is 0 Å². The summed E-state index contributed by atoms with van der Waals surface area (Å²) in [6.45, 7) is 0. The van der Waals surface area contributed by atoms with Crippen LogP contribution in [0.5, 0.6) is 0 Å². The number of fused-ring (bicyclic) bond motifs is 18. The van der Waals surface area contributed by atoms with Crippen LogP contribution in [0.4, 0.5) is 0 Å². The molecule has 26 rings (SSSR count). The molecule has 6 heteroatoms. The molecule has 0 amide bonds. The lowest BCUT2D eigenvalue weighted by atomic mass is 9.98. The molecule has 0 bridgehead atoms. The Morgan fingerprint density at radius 2 is 0.433 bits per heavy atom. The highest BCUT2D eigenvalue weighted by Gasteiger charge is 2.22. The summed E-state index contributed by atoms with van der Waals surface area (Å²) in [4.78, 5) is 0. The van der Waals surface area contributed by atoms with Gasteiger partial charge in [0.1, 0.15) is 0 Å². The van der Waals surface area contributed by atoms with Crippen LogP contribution in [-0.4, -0.2) is 27.4 Å². The zero-order valence-corrected chi connectivity index (χ0v) is 65.4. The first-order valence-electron chi connectivity index (χ1n) is 41.2. The van der Waals surface area contributed by atoms with E-state index in [0.717, 1.165) is 0 Å². The number of hydrogen-bond donors (Lipinski definition) is 0. The highest BCUT2D eigenvalue weighted by atomic mass is 15.0. The number of aromatic nitrogens is 6. The Bertz CT molecular complexity index is 8530. The monoisotopic (exact) mass is 1530 g/mol. The Hall–Kier alpha value is -16.0. The summed E-state index contributed by atoms with van der Waals surface area (Å²) >= 11 is 0. The maximum Gasteiger partial charge on any atom is 0.0618 e. The number of para-hydroxylation sites is 6. The summed E-state index contributed by atoms with van der Waals surface area (Å²) in [6.07, 6.45) is 6.53. The van der Waals surface area contributed by atoms with Gasteiger partial charge in [-0.2, -0.15) is 0 Å². The van der Waals surface area contributed by atoms with Crippen molar-refractivity contribution in [1.82, 2.24) is 27.4 Å². The minimum Gasteiger partial charge on any atom is -0.317 e. The van der Waals surface area contributed by atoms with Crippen LogP contribution in [0.25, 0.3) is 219 Å². The zero-order chi connectivity index (χ0) is 78.9. The third kappa shape index (κ3) is 11.4. The molecule has 6 aromatic heterocycles. The molecule has 20 aromatic carbocycles. The van der Waals surface area contributed by atoms with Crippen molar-refractivity contribution >= 4 is 163 Å². The van der Waals surface area contributed by atoms with Crippen LogP contribution in [0.2, 0.25) is 0 Å². The second kappa shape index (κ2) is 27.9. The molecule has 560 valence electrons. The van der Waals surface area contributed by atoms with Crippen LogP contribution in [-0.2, 0) is 0 Å². The minimum atomic E-state index is 1.17. The fraction of sp³-hybridized carbons (Fsp3) is 0. The standard InChI is InChI=1S/2C40H26N2.C34H22N2/c1-2-12-34(13-3-1)41-20-19-32-25-40-37(26-39(32)41)36-15-6-7-16-38(36)42(40)35-14-8-11-29(24-35)30-17-18-31-21-27-9-4-5-10-28(27)22-33(31)23-30;1-2-10-34(11-3-1)41-21-20-32-25-40-37(26-39(32)41)36-12-6-7-13-38(36)42(40)35-18-16-27(17-19-35)30-14-15-31-22-28-8-4-5-9-29(28)23-33(31)24-30;1-2-12-26(13-3-1)35-19-18-25-21-33-30(22-32(25)35)29-16-8-9-17-31(29)36(33)34-27-14-6-4-10-23(27)20-24-11-5-7-15-28(24)34/h2*1-26H;1-22H. The molecule has 0 unspecified atom stereocenters. The predicted molar refractivity (Wildman–Crippen MR) is 509 cm³/mol. The summed E-state index contributed by atoms with van der Waals surface area (Å²) in [5.74, 6) is 0. The molecule has 0 spiro atoms. The largest absolute Gasteiger partial charge is 0.317 e. The van der Waals surface area contributed by atoms with Gasteiger partial charge in [0.15, 0.2) is 0 Å². The lowest BCUT2D eigenvalue weighted by Crippen LogP contribution is -1.97. The number of rotatable bonds is 8. The quantitative estimate of drug-likeness (QED) is 0.136. The smallest absolute Gasteiger partial charge is 0.0618 e. The van der Waals surface area contributed by atoms with Gasteiger partial charge in [0.05, 0.1) is 55.3 Å². The predicted octanol–water partition coefficient (Wildman–Crippen LogP) is 30.4. The summed E-state index contributed by atoms with van der Waals surface area (Å²) in [7, 11) is 0. The highest BCUT2D eigenvalue weighted by molar-refractivity contribution is 6.19. The highest BCUT2D eigenvalue weighted by Crippen LogP contribution is 2.44. The molecule has 0 saturated heterocycles. The lowest BCUT2D eigenvalue weighted by Gasteiger charge is -2.15. The molecule has 0 aliphatic rings. The van der Waals surface area contributed by atoms with Crippen LogP contribution in [0.15, 0.2) is 449 Å². The molecule has 120 heavy (non-hydrogen) atoms. The minimum absolute atomic E-state index is 1.17. The van der Waals surface area contributed by atoms with Crippen molar-refractivity contribution in [2.75, 3.05) is 0 Å². The van der Waals surface area contributed by atoms with Gasteiger partial charge in [-0.1, -0.05) is 255 Å². The second-order valence-electron chi connectivity index (χ2n) is 31.7. The Balaban J connectivity index is 0.000000103. The molecule has 0 fully saturated rings. The van der Waals surface area contributed by atoms with Crippen LogP contribution in [0.3, 0.4) is 0 Å². The molecular weight excluding hydrogens is 1450 g/mol. The van der Waals surface area contributed by atoms with E-state index < -0.39 is 0 Å². The first-order chi connectivity index (χ1) is 59.5. The molecule has 26 aromatic rings. The first kappa shape index (κ1) is 68.4. The van der Waals surface area contributed by atoms with E-state index in [4.69, 9.17) is 0 Å². The van der Waals surface area contributed by atoms with E-state index in [2.05, 4.69) is 477 Å². The van der Waals surface area contributed by atoms with Gasteiger partial charge in [0.2, 0.25) is 0 Å². The van der Waals surface area contributed by atoms with E-state index >= 15 is 0 Å². The van der Waals surface area contributed by atoms with E-state index in [1.807, 2.05) is 0 Å². The van der Waals surface area contributed by atoms with Gasteiger partial charge in [-0.25, -0.2) is 0 Å². The molecule has 6 heterocycles. The van der Waals surface area contributed by atoms with Gasteiger partial charge < -0.3 is 27.4 Å². The number of hydrogen-bond acceptors (Lipinski definition) is 0. The Labute approximate surface area is 691 Å². The number of nitrogens with zero attached hydrogens (tertiary/aromatic N) is 6. The van der Waals surface area contributed by atoms with E-state index in [0.29, 0.717) is 0 Å². The summed E-state index contributed by atoms with van der Waals surface area (Å²) in [5, 5.41) is 26.5. The zero-order valence-electron chi connectivity index (χ0n) is 65.4. The molecule has 0 radical (unpaired) electrons. The summed E-state index contributed by atoms with van der Waals surface area (Å²) in [5.41, 5.74) is 23.0. The van der Waals surface area contributed by atoms with Gasteiger partial charge in [-0.15, -0.1) is 0 Å². The van der Waals surface area contributed by atoms with Crippen molar-refractivity contribution in [2.45, 2.75) is 0 Å². The average Bonchev–Trinajstić information content (AvgIpc) is 1.60. The lowest BCUT2D eigenvalue weighted by molar-refractivity contribution is 1.13. The normalized spacial score (nSPS) is 11.8. The van der Waals surface area contributed by atoms with Gasteiger partial charge in [-0.05, 0) is 252 Å². The fourth-order valence-electron chi connectivity index (χ4n) is 19.1. The summed E-state index contributed by atoms with van der Waals surface area (Å²) in [6, 6.07) is 156. The van der Waals surface area contributed by atoms with Crippen LogP contribution in [0, 0.1) is 0 Å². The maximum atomic E-state index is 2.48. The Kier molecular flexibility index (Phi) is 15.9. The van der Waals surface area contributed by atoms with Crippen LogP contribution >= 0.6 is 0 Å². The SMILES string of the molecule is c1ccc(-n2ccc3cc4c(cc32)c2ccccc2n4-c2c3ccccc3cc3ccccc23)cc1.c1ccc(-n2ccc3cc4c(cc32)c2ccccc2n4-c2ccc(-c3ccc4cc5ccccc5cc4c3)cc2)cc1.c1ccc(-n2ccc3cc4c(cc32)c2ccccc2n4-c2cccc(-c3ccc4cc5ccccc5cc4c3)c2)cc1. The number of benzene rings is 20. The van der Waals surface area contributed by atoms with Crippen LogP contribution < -0.4 is 0 Å². The molecule has 0 N–H and O–H groups in total. The van der Waals surface area contributed by atoms with E-state index in [1.165, 1.54) is 219 Å². The van der Waals surface area contributed by atoms with Crippen molar-refractivity contribution in [2.24, 2.45) is 0 Å². The van der Waals surface area contributed by atoms with E-state index in [9.17, 15) is 0 Å². The van der Waals surface area contributed by atoms with E-state index in [-0.39, 0.29) is 0 Å². The van der Waals surface area contributed by atoms with Crippen LogP contribution in [0.1, 0.15) is 0 Å². The molecule has 0 aliphatic carbocycles. The van der Waals surface area contributed by atoms with Gasteiger partial charge in [-0.3, -0.25) is 0 Å². The third-order valence-electron chi connectivity index (χ3n) is 24.8. The molecular formula is C114H74N6. The van der Waals surface area contributed by atoms with Gasteiger partial charge in [0, 0.05) is 106 Å². The third-order valence-corrected chi connectivity index (χ3v) is 24.8. The topological polar surface area (TPSA) is 29.6 Å². The molecule has 0 aliphatic heterocycles. The van der Waals surface area contributed by atoms with Crippen molar-refractivity contribution in [3.63, 3.8) is 0 Å². The van der Waals surface area contributed by atoms with E-state index in [1.54, 1.807) is 0 Å². The fourth-order valence-corrected chi connectivity index (χ4v) is 19.1. The average molecular weight is 1530 g/mol.